The van der Waals surface area contributed by atoms with E-state index in [2.05, 4.69) is 46.3 Å². The van der Waals surface area contributed by atoms with Gasteiger partial charge in [-0.3, -0.25) is 9.69 Å². The molecule has 30 heavy (non-hydrogen) atoms. The van der Waals surface area contributed by atoms with E-state index in [9.17, 15) is 4.79 Å². The maximum absolute atomic E-state index is 13.0. The zero-order valence-corrected chi connectivity index (χ0v) is 18.3. The van der Waals surface area contributed by atoms with Crippen LogP contribution in [0.15, 0.2) is 46.3 Å². The molecule has 158 valence electrons. The van der Waals surface area contributed by atoms with Gasteiger partial charge in [0, 0.05) is 6.54 Å². The molecule has 2 unspecified atom stereocenters. The SMILES string of the molecule is CCC(NC(=O)C1CCCN(Cc2nc(-c3cccs3)no2)C1)c1ccccc1C. The number of thiophene rings is 1. The van der Waals surface area contributed by atoms with Crippen LogP contribution in [0.4, 0.5) is 0 Å². The third kappa shape index (κ3) is 4.79. The summed E-state index contributed by atoms with van der Waals surface area (Å²) in [6, 6.07) is 12.3. The highest BCUT2D eigenvalue weighted by atomic mass is 32.1. The summed E-state index contributed by atoms with van der Waals surface area (Å²) in [6.07, 6.45) is 2.78. The number of carbonyl (C=O) groups is 1. The van der Waals surface area contributed by atoms with E-state index < -0.39 is 0 Å². The van der Waals surface area contributed by atoms with Crippen molar-refractivity contribution in [3.05, 3.63) is 58.8 Å². The fraction of sp³-hybridized carbons (Fsp3) is 0.435. The average Bonchev–Trinajstić information content (AvgIpc) is 3.45. The number of nitrogens with zero attached hydrogens (tertiary/aromatic N) is 3. The van der Waals surface area contributed by atoms with Crippen LogP contribution in [0.25, 0.3) is 10.7 Å². The Bertz CT molecular complexity index is 969. The molecule has 1 fully saturated rings. The molecule has 1 amide bonds. The Labute approximate surface area is 181 Å². The molecule has 2 aromatic heterocycles. The highest BCUT2D eigenvalue weighted by Gasteiger charge is 2.28. The van der Waals surface area contributed by atoms with Crippen molar-refractivity contribution < 1.29 is 9.32 Å². The van der Waals surface area contributed by atoms with Crippen LogP contribution in [0, 0.1) is 12.8 Å². The first kappa shape index (κ1) is 20.8. The molecule has 0 aliphatic carbocycles. The van der Waals surface area contributed by atoms with Gasteiger partial charge in [0.05, 0.1) is 23.4 Å². The van der Waals surface area contributed by atoms with Gasteiger partial charge >= 0.3 is 0 Å². The van der Waals surface area contributed by atoms with Gasteiger partial charge in [-0.2, -0.15) is 4.98 Å². The van der Waals surface area contributed by atoms with E-state index in [1.54, 1.807) is 11.3 Å². The van der Waals surface area contributed by atoms with Gasteiger partial charge in [0.15, 0.2) is 0 Å². The Kier molecular flexibility index (Phi) is 6.59. The summed E-state index contributed by atoms with van der Waals surface area (Å²) < 4.78 is 5.44. The van der Waals surface area contributed by atoms with Crippen molar-refractivity contribution in [3.8, 4) is 10.7 Å². The maximum atomic E-state index is 13.0. The summed E-state index contributed by atoms with van der Waals surface area (Å²) >= 11 is 1.60. The van der Waals surface area contributed by atoms with E-state index in [1.165, 1.54) is 11.1 Å². The normalized spacial score (nSPS) is 18.3. The lowest BCUT2D eigenvalue weighted by molar-refractivity contribution is -0.127. The van der Waals surface area contributed by atoms with Gasteiger partial charge in [-0.25, -0.2) is 0 Å². The standard InChI is InChI=1S/C23H28N4O2S/c1-3-19(18-10-5-4-8-16(18)2)24-23(28)17-9-6-12-27(14-17)15-21-25-22(26-29-21)20-11-7-13-30-20/h4-5,7-8,10-11,13,17,19H,3,6,9,12,14-15H2,1-2H3,(H,24,28). The Morgan fingerprint density at radius 3 is 2.97 bits per heavy atom. The number of carbonyl (C=O) groups excluding carboxylic acids is 1. The number of nitrogens with one attached hydrogen (secondary N) is 1. The molecular weight excluding hydrogens is 396 g/mol. The molecule has 1 aliphatic heterocycles. The van der Waals surface area contributed by atoms with E-state index in [0.29, 0.717) is 24.8 Å². The highest BCUT2D eigenvalue weighted by molar-refractivity contribution is 7.13. The topological polar surface area (TPSA) is 71.3 Å². The van der Waals surface area contributed by atoms with Crippen LogP contribution in [0.3, 0.4) is 0 Å². The van der Waals surface area contributed by atoms with Crippen LogP contribution in [0.5, 0.6) is 0 Å². The second-order valence-corrected chi connectivity index (χ2v) is 8.84. The van der Waals surface area contributed by atoms with Gasteiger partial charge in [0.25, 0.3) is 0 Å². The molecule has 0 spiro atoms. The van der Waals surface area contributed by atoms with Gasteiger partial charge in [-0.05, 0) is 55.3 Å². The fourth-order valence-electron chi connectivity index (χ4n) is 4.10. The Hall–Kier alpha value is -2.51. The first-order valence-corrected chi connectivity index (χ1v) is 11.5. The molecule has 1 aromatic carbocycles. The largest absolute Gasteiger partial charge is 0.349 e. The zero-order chi connectivity index (χ0) is 20.9. The van der Waals surface area contributed by atoms with Gasteiger partial charge in [0.2, 0.25) is 17.6 Å². The number of hydrogen-bond acceptors (Lipinski definition) is 6. The summed E-state index contributed by atoms with van der Waals surface area (Å²) in [5.41, 5.74) is 2.42. The Balaban J connectivity index is 1.36. The smallest absolute Gasteiger partial charge is 0.241 e. The fourth-order valence-corrected chi connectivity index (χ4v) is 4.75. The number of rotatable bonds is 7. The molecule has 0 saturated carbocycles. The Morgan fingerprint density at radius 2 is 2.20 bits per heavy atom. The van der Waals surface area contributed by atoms with E-state index in [-0.39, 0.29) is 17.9 Å². The van der Waals surface area contributed by atoms with Gasteiger partial charge in [0.1, 0.15) is 0 Å². The molecule has 7 heteroatoms. The van der Waals surface area contributed by atoms with Crippen molar-refractivity contribution in [2.24, 2.45) is 5.92 Å². The van der Waals surface area contributed by atoms with Crippen LogP contribution < -0.4 is 5.32 Å². The number of aryl methyl sites for hydroxylation is 1. The number of hydrogen-bond donors (Lipinski definition) is 1. The van der Waals surface area contributed by atoms with E-state index >= 15 is 0 Å². The van der Waals surface area contributed by atoms with Crippen LogP contribution >= 0.6 is 11.3 Å². The molecule has 2 atom stereocenters. The molecule has 3 aromatic rings. The van der Waals surface area contributed by atoms with Crippen molar-refractivity contribution in [2.75, 3.05) is 13.1 Å². The Morgan fingerprint density at radius 1 is 1.33 bits per heavy atom. The minimum atomic E-state index is -0.0171. The van der Waals surface area contributed by atoms with Crippen molar-refractivity contribution in [3.63, 3.8) is 0 Å². The quantitative estimate of drug-likeness (QED) is 0.601. The molecule has 0 radical (unpaired) electrons. The molecular formula is C23H28N4O2S. The first-order valence-electron chi connectivity index (χ1n) is 10.6. The highest BCUT2D eigenvalue weighted by Crippen LogP contribution is 2.25. The lowest BCUT2D eigenvalue weighted by Crippen LogP contribution is -2.43. The lowest BCUT2D eigenvalue weighted by atomic mass is 9.94. The minimum Gasteiger partial charge on any atom is -0.349 e. The second-order valence-electron chi connectivity index (χ2n) is 7.89. The number of aromatic nitrogens is 2. The summed E-state index contributed by atoms with van der Waals surface area (Å²) in [7, 11) is 0. The van der Waals surface area contributed by atoms with Crippen molar-refractivity contribution >= 4 is 17.2 Å². The van der Waals surface area contributed by atoms with Gasteiger partial charge < -0.3 is 9.84 Å². The molecule has 4 rings (SSSR count). The van der Waals surface area contributed by atoms with E-state index in [4.69, 9.17) is 4.52 Å². The number of amides is 1. The van der Waals surface area contributed by atoms with Crippen molar-refractivity contribution in [2.45, 2.75) is 45.7 Å². The van der Waals surface area contributed by atoms with Crippen LogP contribution in [-0.4, -0.2) is 34.0 Å². The second kappa shape index (κ2) is 9.53. The number of piperidine rings is 1. The number of benzene rings is 1. The lowest BCUT2D eigenvalue weighted by Gasteiger charge is -2.32. The molecule has 0 bridgehead atoms. The molecule has 3 heterocycles. The molecule has 6 nitrogen and oxygen atoms in total. The zero-order valence-electron chi connectivity index (χ0n) is 17.5. The summed E-state index contributed by atoms with van der Waals surface area (Å²) in [6.45, 7) is 6.45. The maximum Gasteiger partial charge on any atom is 0.241 e. The van der Waals surface area contributed by atoms with Gasteiger partial charge in [-0.15, -0.1) is 11.3 Å². The molecule has 1 aliphatic rings. The van der Waals surface area contributed by atoms with Gasteiger partial charge in [-0.1, -0.05) is 42.4 Å². The van der Waals surface area contributed by atoms with Crippen LogP contribution in [-0.2, 0) is 11.3 Å². The monoisotopic (exact) mass is 424 g/mol. The summed E-state index contributed by atoms with van der Waals surface area (Å²) in [5, 5.41) is 9.37. The minimum absolute atomic E-state index is 0.0171. The van der Waals surface area contributed by atoms with E-state index in [1.807, 2.05) is 29.6 Å². The number of likely N-dealkylation sites (tertiary alicyclic amines) is 1. The third-order valence-corrected chi connectivity index (χ3v) is 6.60. The average molecular weight is 425 g/mol. The predicted molar refractivity (Wildman–Crippen MR) is 118 cm³/mol. The third-order valence-electron chi connectivity index (χ3n) is 5.73. The van der Waals surface area contributed by atoms with Crippen molar-refractivity contribution in [1.29, 1.82) is 0 Å². The van der Waals surface area contributed by atoms with Crippen LogP contribution in [0.1, 0.15) is 49.2 Å². The van der Waals surface area contributed by atoms with Crippen LogP contribution in [0.2, 0.25) is 0 Å². The predicted octanol–water partition coefficient (Wildman–Crippen LogP) is 4.59. The molecule has 1 saturated heterocycles. The van der Waals surface area contributed by atoms with E-state index in [0.717, 1.165) is 30.7 Å². The summed E-state index contributed by atoms with van der Waals surface area (Å²) in [4.78, 5) is 20.8. The van der Waals surface area contributed by atoms with Crippen molar-refractivity contribution in [1.82, 2.24) is 20.4 Å². The molecule has 1 N–H and O–H groups in total. The summed E-state index contributed by atoms with van der Waals surface area (Å²) in [5.74, 6) is 1.36. The first-order chi connectivity index (χ1) is 14.6.